The summed E-state index contributed by atoms with van der Waals surface area (Å²) in [6, 6.07) is 8.80. The normalized spacial score (nSPS) is 14.9. The fourth-order valence-electron chi connectivity index (χ4n) is 3.19. The molecule has 1 saturated heterocycles. The van der Waals surface area contributed by atoms with E-state index in [0.29, 0.717) is 25.5 Å². The van der Waals surface area contributed by atoms with E-state index in [1.54, 1.807) is 19.1 Å². The summed E-state index contributed by atoms with van der Waals surface area (Å²) in [6.45, 7) is 1.51. The summed E-state index contributed by atoms with van der Waals surface area (Å²) >= 11 is 0. The van der Waals surface area contributed by atoms with Crippen LogP contribution in [0.3, 0.4) is 0 Å². The molecule has 0 spiro atoms. The number of anilines is 1. The smallest absolute Gasteiger partial charge is 0.339 e. The van der Waals surface area contributed by atoms with Crippen LogP contribution in [0.5, 0.6) is 5.75 Å². The highest BCUT2D eigenvalue weighted by atomic mass is 32.2. The van der Waals surface area contributed by atoms with Crippen LogP contribution in [0.1, 0.15) is 15.9 Å². The molecule has 0 amide bonds. The Hall–Kier alpha value is -2.69. The molecule has 9 nitrogen and oxygen atoms in total. The Labute approximate surface area is 176 Å². The Morgan fingerprint density at radius 2 is 1.97 bits per heavy atom. The minimum Gasteiger partial charge on any atom is -0.497 e. The first-order valence-electron chi connectivity index (χ1n) is 9.37. The van der Waals surface area contributed by atoms with Crippen LogP contribution in [0, 0.1) is 0 Å². The molecule has 1 fully saturated rings. The second kappa shape index (κ2) is 9.41. The Morgan fingerprint density at radius 1 is 1.23 bits per heavy atom. The average Bonchev–Trinajstić information content (AvgIpc) is 2.78. The highest BCUT2D eigenvalue weighted by Crippen LogP contribution is 2.28. The van der Waals surface area contributed by atoms with Crippen molar-refractivity contribution in [1.82, 2.24) is 9.29 Å². The lowest BCUT2D eigenvalue weighted by Gasteiger charge is -2.28. The van der Waals surface area contributed by atoms with Gasteiger partial charge in [-0.15, -0.1) is 0 Å². The second-order valence-electron chi connectivity index (χ2n) is 6.76. The number of hydrogen-bond acceptors (Lipinski definition) is 8. The van der Waals surface area contributed by atoms with Gasteiger partial charge >= 0.3 is 5.97 Å². The standard InChI is InChI=1S/C20H25N3O6S/c1-22(14-15-5-4-6-17(11-15)27-2)19-18(12-16(13-21-19)20(24)28-3)30(25,26)23-7-9-29-10-8-23/h4-6,11-13H,7-10,14H2,1-3H3. The van der Waals surface area contributed by atoms with Gasteiger partial charge in [0.25, 0.3) is 0 Å². The van der Waals surface area contributed by atoms with E-state index in [0.717, 1.165) is 5.56 Å². The van der Waals surface area contributed by atoms with Crippen LogP contribution < -0.4 is 9.64 Å². The van der Waals surface area contributed by atoms with Crippen molar-refractivity contribution < 1.29 is 27.4 Å². The van der Waals surface area contributed by atoms with Crippen molar-refractivity contribution >= 4 is 21.8 Å². The number of methoxy groups -OCH3 is 2. The van der Waals surface area contributed by atoms with Gasteiger partial charge in [-0.05, 0) is 23.8 Å². The number of aromatic nitrogens is 1. The summed E-state index contributed by atoms with van der Waals surface area (Å²) in [6.07, 6.45) is 1.32. The molecular weight excluding hydrogens is 410 g/mol. The van der Waals surface area contributed by atoms with E-state index in [1.807, 2.05) is 24.3 Å². The van der Waals surface area contributed by atoms with Gasteiger partial charge in [0.1, 0.15) is 16.5 Å². The van der Waals surface area contributed by atoms with E-state index in [1.165, 1.54) is 23.7 Å². The van der Waals surface area contributed by atoms with Crippen LogP contribution in [0.15, 0.2) is 41.4 Å². The molecule has 30 heavy (non-hydrogen) atoms. The van der Waals surface area contributed by atoms with Gasteiger partial charge in [0.15, 0.2) is 0 Å². The minimum absolute atomic E-state index is 0.0438. The van der Waals surface area contributed by atoms with Crippen LogP contribution in [-0.4, -0.2) is 71.2 Å². The van der Waals surface area contributed by atoms with Gasteiger partial charge in [-0.2, -0.15) is 4.31 Å². The number of rotatable bonds is 7. The summed E-state index contributed by atoms with van der Waals surface area (Å²) in [5.41, 5.74) is 0.994. The van der Waals surface area contributed by atoms with Gasteiger partial charge in [-0.25, -0.2) is 18.2 Å². The first-order chi connectivity index (χ1) is 14.4. The quantitative estimate of drug-likeness (QED) is 0.604. The molecule has 0 radical (unpaired) electrons. The topological polar surface area (TPSA) is 98.3 Å². The average molecular weight is 436 g/mol. The predicted octanol–water partition coefficient (Wildman–Crippen LogP) is 1.53. The molecule has 1 aliphatic rings. The summed E-state index contributed by atoms with van der Waals surface area (Å²) in [5, 5.41) is 0. The van der Waals surface area contributed by atoms with Gasteiger partial charge in [0.05, 0.1) is 33.0 Å². The van der Waals surface area contributed by atoms with Crippen molar-refractivity contribution in [2.45, 2.75) is 11.4 Å². The van der Waals surface area contributed by atoms with E-state index in [9.17, 15) is 13.2 Å². The number of sulfonamides is 1. The fraction of sp³-hybridized carbons (Fsp3) is 0.400. The van der Waals surface area contributed by atoms with Gasteiger partial charge in [-0.3, -0.25) is 0 Å². The van der Waals surface area contributed by atoms with E-state index in [-0.39, 0.29) is 29.4 Å². The lowest BCUT2D eigenvalue weighted by atomic mass is 10.2. The van der Waals surface area contributed by atoms with Crippen LogP contribution in [0.25, 0.3) is 0 Å². The maximum atomic E-state index is 13.4. The molecule has 0 atom stereocenters. The number of benzene rings is 1. The molecule has 1 aromatic carbocycles. The molecule has 0 N–H and O–H groups in total. The highest BCUT2D eigenvalue weighted by Gasteiger charge is 2.31. The van der Waals surface area contributed by atoms with Crippen molar-refractivity contribution in [2.24, 2.45) is 0 Å². The molecule has 0 saturated carbocycles. The molecule has 10 heteroatoms. The number of hydrogen-bond donors (Lipinski definition) is 0. The number of pyridine rings is 1. The molecule has 2 aromatic rings. The Kier molecular flexibility index (Phi) is 6.91. The molecule has 3 rings (SSSR count). The van der Waals surface area contributed by atoms with Crippen molar-refractivity contribution in [3.63, 3.8) is 0 Å². The van der Waals surface area contributed by atoms with Gasteiger partial charge in [0, 0.05) is 32.9 Å². The summed E-state index contributed by atoms with van der Waals surface area (Å²) < 4.78 is 43.3. The minimum atomic E-state index is -3.89. The van der Waals surface area contributed by atoms with E-state index >= 15 is 0 Å². The van der Waals surface area contributed by atoms with Gasteiger partial charge < -0.3 is 19.1 Å². The SMILES string of the molecule is COC(=O)c1cnc(N(C)Cc2cccc(OC)c2)c(S(=O)(=O)N2CCOCC2)c1. The predicted molar refractivity (Wildman–Crippen MR) is 110 cm³/mol. The summed E-state index contributed by atoms with van der Waals surface area (Å²) in [5.74, 6) is 0.302. The van der Waals surface area contributed by atoms with Crippen molar-refractivity contribution in [3.8, 4) is 5.75 Å². The molecule has 0 unspecified atom stereocenters. The number of nitrogens with zero attached hydrogens (tertiary/aromatic N) is 3. The lowest BCUT2D eigenvalue weighted by Crippen LogP contribution is -2.41. The molecule has 0 bridgehead atoms. The Morgan fingerprint density at radius 3 is 2.63 bits per heavy atom. The third-order valence-electron chi connectivity index (χ3n) is 4.76. The zero-order valence-electron chi connectivity index (χ0n) is 17.2. The molecule has 2 heterocycles. The van der Waals surface area contributed by atoms with Crippen LogP contribution in [0.4, 0.5) is 5.82 Å². The number of morpholine rings is 1. The zero-order chi connectivity index (χ0) is 21.7. The molecule has 162 valence electrons. The van der Waals surface area contributed by atoms with Crippen molar-refractivity contribution in [3.05, 3.63) is 47.7 Å². The molecule has 1 aromatic heterocycles. The maximum absolute atomic E-state index is 13.4. The number of esters is 1. The van der Waals surface area contributed by atoms with E-state index in [2.05, 4.69) is 4.98 Å². The summed E-state index contributed by atoms with van der Waals surface area (Å²) in [7, 11) is 0.681. The largest absolute Gasteiger partial charge is 0.497 e. The van der Waals surface area contributed by atoms with Crippen molar-refractivity contribution in [1.29, 1.82) is 0 Å². The number of carbonyl (C=O) groups excluding carboxylic acids is 1. The van der Waals surface area contributed by atoms with Crippen LogP contribution in [0.2, 0.25) is 0 Å². The summed E-state index contributed by atoms with van der Waals surface area (Å²) in [4.78, 5) is 18.0. The van der Waals surface area contributed by atoms with Crippen LogP contribution >= 0.6 is 0 Å². The third-order valence-corrected chi connectivity index (χ3v) is 6.66. The molecule has 1 aliphatic heterocycles. The molecular formula is C20H25N3O6S. The van der Waals surface area contributed by atoms with Crippen molar-refractivity contribution in [2.75, 3.05) is 52.5 Å². The number of carbonyl (C=O) groups is 1. The Balaban J connectivity index is 2.01. The van der Waals surface area contributed by atoms with E-state index < -0.39 is 16.0 Å². The first kappa shape index (κ1) is 22.0. The van der Waals surface area contributed by atoms with Gasteiger partial charge in [0.2, 0.25) is 10.0 Å². The maximum Gasteiger partial charge on any atom is 0.339 e. The van der Waals surface area contributed by atoms with Gasteiger partial charge in [-0.1, -0.05) is 12.1 Å². The van der Waals surface area contributed by atoms with E-state index in [4.69, 9.17) is 14.2 Å². The lowest BCUT2D eigenvalue weighted by molar-refractivity contribution is 0.0599. The second-order valence-corrected chi connectivity index (χ2v) is 8.67. The molecule has 0 aliphatic carbocycles. The Bertz CT molecular complexity index is 1010. The van der Waals surface area contributed by atoms with Crippen LogP contribution in [-0.2, 0) is 26.0 Å². The zero-order valence-corrected chi connectivity index (χ0v) is 18.0. The third kappa shape index (κ3) is 4.72. The first-order valence-corrected chi connectivity index (χ1v) is 10.8. The number of ether oxygens (including phenoxy) is 3. The monoisotopic (exact) mass is 435 g/mol. The highest BCUT2D eigenvalue weighted by molar-refractivity contribution is 7.89. The fourth-order valence-corrected chi connectivity index (χ4v) is 4.81.